The number of furan rings is 1. The molecule has 1 aliphatic rings. The van der Waals surface area contributed by atoms with Gasteiger partial charge in [-0.05, 0) is 18.6 Å². The normalized spacial score (nSPS) is 21.2. The predicted octanol–water partition coefficient (Wildman–Crippen LogP) is 2.39. The van der Waals surface area contributed by atoms with E-state index >= 15 is 0 Å². The minimum absolute atomic E-state index is 0.380. The lowest BCUT2D eigenvalue weighted by molar-refractivity contribution is -0.0342. The first kappa shape index (κ1) is 14.6. The maximum atomic E-state index is 5.86. The van der Waals surface area contributed by atoms with E-state index in [9.17, 15) is 0 Å². The Morgan fingerprint density at radius 2 is 2.16 bits per heavy atom. The molecule has 4 nitrogen and oxygen atoms in total. The van der Waals surface area contributed by atoms with Crippen molar-refractivity contribution < 1.29 is 9.15 Å². The van der Waals surface area contributed by atoms with Gasteiger partial charge in [0.2, 0.25) is 0 Å². The van der Waals surface area contributed by atoms with Gasteiger partial charge in [-0.3, -0.25) is 4.90 Å². The first-order valence-corrected chi connectivity index (χ1v) is 7.32. The summed E-state index contributed by atoms with van der Waals surface area (Å²) in [6, 6.07) is 4.65. The van der Waals surface area contributed by atoms with Crippen LogP contribution in [0.3, 0.4) is 0 Å². The lowest BCUT2D eigenvalue weighted by atomic mass is 10.2. The molecule has 108 valence electrons. The van der Waals surface area contributed by atoms with E-state index in [0.717, 1.165) is 50.7 Å². The van der Waals surface area contributed by atoms with Crippen LogP contribution in [0.4, 0.5) is 0 Å². The molecule has 0 aromatic carbocycles. The van der Waals surface area contributed by atoms with Gasteiger partial charge < -0.3 is 14.5 Å². The second-order valence-electron chi connectivity index (χ2n) is 5.54. The van der Waals surface area contributed by atoms with Crippen LogP contribution in [0.15, 0.2) is 16.5 Å². The summed E-state index contributed by atoms with van der Waals surface area (Å²) in [5.74, 6) is 2.07. The lowest BCUT2D eigenvalue weighted by Crippen LogP contribution is -2.41. The molecule has 1 aliphatic heterocycles. The van der Waals surface area contributed by atoms with Crippen molar-refractivity contribution in [1.29, 1.82) is 0 Å². The van der Waals surface area contributed by atoms with Gasteiger partial charge in [-0.25, -0.2) is 0 Å². The van der Waals surface area contributed by atoms with Crippen molar-refractivity contribution in [2.24, 2.45) is 0 Å². The molecule has 1 atom stereocenters. The molecule has 0 aliphatic carbocycles. The highest BCUT2D eigenvalue weighted by atomic mass is 16.5. The molecule has 2 heterocycles. The summed E-state index contributed by atoms with van der Waals surface area (Å²) in [5, 5.41) is 3.37. The van der Waals surface area contributed by atoms with Gasteiger partial charge in [0.25, 0.3) is 0 Å². The van der Waals surface area contributed by atoms with Crippen LogP contribution in [0.5, 0.6) is 0 Å². The topological polar surface area (TPSA) is 37.6 Å². The van der Waals surface area contributed by atoms with Gasteiger partial charge in [0.05, 0.1) is 25.8 Å². The zero-order valence-corrected chi connectivity index (χ0v) is 12.3. The highest BCUT2D eigenvalue weighted by molar-refractivity contribution is 5.07. The van der Waals surface area contributed by atoms with Crippen molar-refractivity contribution in [3.05, 3.63) is 23.7 Å². The van der Waals surface area contributed by atoms with Crippen LogP contribution >= 0.6 is 0 Å². The number of hydrogen-bond donors (Lipinski definition) is 1. The summed E-state index contributed by atoms with van der Waals surface area (Å²) in [7, 11) is 0. The summed E-state index contributed by atoms with van der Waals surface area (Å²) in [4.78, 5) is 2.41. The predicted molar refractivity (Wildman–Crippen MR) is 76.0 cm³/mol. The number of nitrogens with zero attached hydrogens (tertiary/aromatic N) is 1. The standard InChI is InChI=1S/C15H26N2O2/c1-4-13-10-17(7-8-18-13)11-15-6-5-14(19-15)9-16-12(2)3/h5-6,12-13,16H,4,7-11H2,1-3H3. The summed E-state index contributed by atoms with van der Waals surface area (Å²) < 4.78 is 11.5. The van der Waals surface area contributed by atoms with Crippen molar-refractivity contribution in [1.82, 2.24) is 10.2 Å². The SMILES string of the molecule is CCC1CN(Cc2ccc(CNC(C)C)o2)CCO1. The van der Waals surface area contributed by atoms with Crippen molar-refractivity contribution in [3.8, 4) is 0 Å². The molecule has 19 heavy (non-hydrogen) atoms. The second kappa shape index (κ2) is 7.08. The van der Waals surface area contributed by atoms with Crippen LogP contribution in [0.25, 0.3) is 0 Å². The van der Waals surface area contributed by atoms with Crippen LogP contribution in [-0.2, 0) is 17.8 Å². The average Bonchev–Trinajstić information content (AvgIpc) is 2.84. The van der Waals surface area contributed by atoms with E-state index in [-0.39, 0.29) is 0 Å². The first-order valence-electron chi connectivity index (χ1n) is 7.32. The molecule has 1 aromatic rings. The van der Waals surface area contributed by atoms with Gasteiger partial charge in [-0.1, -0.05) is 20.8 Å². The fraction of sp³-hybridized carbons (Fsp3) is 0.733. The van der Waals surface area contributed by atoms with Crippen LogP contribution < -0.4 is 5.32 Å². The Morgan fingerprint density at radius 3 is 2.89 bits per heavy atom. The largest absolute Gasteiger partial charge is 0.463 e. The summed E-state index contributed by atoms with van der Waals surface area (Å²) in [6.07, 6.45) is 1.46. The van der Waals surface area contributed by atoms with Gasteiger partial charge in [-0.2, -0.15) is 0 Å². The Kier molecular flexibility index (Phi) is 5.43. The van der Waals surface area contributed by atoms with E-state index in [2.05, 4.69) is 43.1 Å². The first-order chi connectivity index (χ1) is 9.17. The molecule has 0 spiro atoms. The molecule has 0 saturated carbocycles. The number of hydrogen-bond acceptors (Lipinski definition) is 4. The molecular formula is C15H26N2O2. The third-order valence-electron chi connectivity index (χ3n) is 3.46. The highest BCUT2D eigenvalue weighted by Crippen LogP contribution is 2.14. The van der Waals surface area contributed by atoms with Crippen LogP contribution in [0, 0.1) is 0 Å². The molecule has 1 saturated heterocycles. The maximum Gasteiger partial charge on any atom is 0.118 e. The van der Waals surface area contributed by atoms with Crippen molar-refractivity contribution in [2.45, 2.75) is 52.4 Å². The van der Waals surface area contributed by atoms with E-state index in [0.29, 0.717) is 12.1 Å². The van der Waals surface area contributed by atoms with E-state index in [4.69, 9.17) is 9.15 Å². The Bertz CT molecular complexity index is 376. The Morgan fingerprint density at radius 1 is 1.37 bits per heavy atom. The second-order valence-corrected chi connectivity index (χ2v) is 5.54. The van der Waals surface area contributed by atoms with E-state index < -0.39 is 0 Å². The zero-order chi connectivity index (χ0) is 13.7. The molecule has 2 rings (SSSR count). The molecule has 0 radical (unpaired) electrons. The summed E-state index contributed by atoms with van der Waals surface area (Å²) >= 11 is 0. The van der Waals surface area contributed by atoms with Gasteiger partial charge >= 0.3 is 0 Å². The Hall–Kier alpha value is -0.840. The molecule has 1 aromatic heterocycles. The fourth-order valence-corrected chi connectivity index (χ4v) is 2.30. The van der Waals surface area contributed by atoms with E-state index in [1.165, 1.54) is 0 Å². The molecule has 1 N–H and O–H groups in total. The summed E-state index contributed by atoms with van der Waals surface area (Å²) in [6.45, 7) is 11.0. The van der Waals surface area contributed by atoms with Gasteiger partial charge in [0.1, 0.15) is 11.5 Å². The zero-order valence-electron chi connectivity index (χ0n) is 12.3. The third kappa shape index (κ3) is 4.64. The molecule has 0 bridgehead atoms. The molecular weight excluding hydrogens is 240 g/mol. The van der Waals surface area contributed by atoms with E-state index in [1.54, 1.807) is 0 Å². The van der Waals surface area contributed by atoms with Crippen molar-refractivity contribution in [2.75, 3.05) is 19.7 Å². The Labute approximate surface area is 116 Å². The number of ether oxygens (including phenoxy) is 1. The van der Waals surface area contributed by atoms with Crippen LogP contribution in [0.1, 0.15) is 38.7 Å². The maximum absolute atomic E-state index is 5.86. The Balaban J connectivity index is 1.82. The van der Waals surface area contributed by atoms with Gasteiger partial charge in [0.15, 0.2) is 0 Å². The molecule has 4 heteroatoms. The van der Waals surface area contributed by atoms with E-state index in [1.807, 2.05) is 0 Å². The van der Waals surface area contributed by atoms with Crippen molar-refractivity contribution >= 4 is 0 Å². The lowest BCUT2D eigenvalue weighted by Gasteiger charge is -2.31. The van der Waals surface area contributed by atoms with Crippen LogP contribution in [0.2, 0.25) is 0 Å². The smallest absolute Gasteiger partial charge is 0.118 e. The van der Waals surface area contributed by atoms with Crippen molar-refractivity contribution in [3.63, 3.8) is 0 Å². The molecule has 1 fully saturated rings. The van der Waals surface area contributed by atoms with Crippen LogP contribution in [-0.4, -0.2) is 36.7 Å². The fourth-order valence-electron chi connectivity index (χ4n) is 2.30. The van der Waals surface area contributed by atoms with Gasteiger partial charge in [0, 0.05) is 19.1 Å². The molecule has 0 amide bonds. The monoisotopic (exact) mass is 266 g/mol. The highest BCUT2D eigenvalue weighted by Gasteiger charge is 2.19. The number of nitrogens with one attached hydrogen (secondary N) is 1. The third-order valence-corrected chi connectivity index (χ3v) is 3.46. The molecule has 1 unspecified atom stereocenters. The quantitative estimate of drug-likeness (QED) is 0.858. The minimum atomic E-state index is 0.380. The number of morpholine rings is 1. The van der Waals surface area contributed by atoms with Gasteiger partial charge in [-0.15, -0.1) is 0 Å². The average molecular weight is 266 g/mol. The minimum Gasteiger partial charge on any atom is -0.463 e. The number of rotatable bonds is 6. The summed E-state index contributed by atoms with van der Waals surface area (Å²) in [5.41, 5.74) is 0.